The van der Waals surface area contributed by atoms with E-state index in [9.17, 15) is 13.2 Å². The molecular weight excluding hydrogens is 312 g/mol. The third-order valence-electron chi connectivity index (χ3n) is 4.25. The van der Waals surface area contributed by atoms with Crippen LogP contribution in [0.2, 0.25) is 0 Å². The molecule has 1 atom stereocenters. The zero-order valence-corrected chi connectivity index (χ0v) is 14.9. The van der Waals surface area contributed by atoms with Crippen molar-refractivity contribution in [1.29, 1.82) is 0 Å². The van der Waals surface area contributed by atoms with Gasteiger partial charge in [-0.15, -0.1) is 0 Å². The summed E-state index contributed by atoms with van der Waals surface area (Å²) in [5.74, 6) is 0.0718. The fourth-order valence-corrected chi connectivity index (χ4v) is 5.00. The summed E-state index contributed by atoms with van der Waals surface area (Å²) in [6.07, 6.45) is 0.488. The van der Waals surface area contributed by atoms with Gasteiger partial charge in [0.25, 0.3) is 0 Å². The lowest BCUT2D eigenvalue weighted by molar-refractivity contribution is -0.124. The number of carbonyl (C=O) groups is 1. The molecule has 1 saturated heterocycles. The van der Waals surface area contributed by atoms with Gasteiger partial charge in [0.15, 0.2) is 9.84 Å². The zero-order valence-electron chi connectivity index (χ0n) is 14.1. The molecular formula is C17H26N2O3S. The van der Waals surface area contributed by atoms with Gasteiger partial charge in [-0.1, -0.05) is 30.3 Å². The number of nitrogens with zero attached hydrogens (tertiary/aromatic N) is 1. The average Bonchev–Trinajstić information content (AvgIpc) is 2.72. The molecule has 1 unspecified atom stereocenters. The molecule has 1 aromatic rings. The van der Waals surface area contributed by atoms with E-state index >= 15 is 0 Å². The maximum atomic E-state index is 12.4. The van der Waals surface area contributed by atoms with Crippen LogP contribution >= 0.6 is 0 Å². The molecule has 0 saturated carbocycles. The van der Waals surface area contributed by atoms with Crippen LogP contribution in [0.15, 0.2) is 30.3 Å². The number of nitrogens with one attached hydrogen (secondary N) is 1. The minimum Gasteiger partial charge on any atom is -0.349 e. The van der Waals surface area contributed by atoms with Crippen LogP contribution in [-0.2, 0) is 21.2 Å². The van der Waals surface area contributed by atoms with Crippen molar-refractivity contribution in [3.63, 3.8) is 0 Å². The van der Waals surface area contributed by atoms with Gasteiger partial charge in [0.05, 0.1) is 23.6 Å². The normalized spacial score (nSPS) is 23.3. The van der Waals surface area contributed by atoms with E-state index in [4.69, 9.17) is 0 Å². The smallest absolute Gasteiger partial charge is 0.234 e. The molecule has 1 aliphatic rings. The molecule has 0 radical (unpaired) electrons. The Labute approximate surface area is 139 Å². The van der Waals surface area contributed by atoms with E-state index in [0.717, 1.165) is 5.56 Å². The Morgan fingerprint density at radius 1 is 1.30 bits per heavy atom. The Morgan fingerprint density at radius 3 is 2.48 bits per heavy atom. The second-order valence-corrected chi connectivity index (χ2v) is 9.12. The highest BCUT2D eigenvalue weighted by Gasteiger charge is 2.39. The van der Waals surface area contributed by atoms with Gasteiger partial charge in [-0.3, -0.25) is 9.69 Å². The number of benzene rings is 1. The van der Waals surface area contributed by atoms with Crippen LogP contribution in [0.3, 0.4) is 0 Å². The van der Waals surface area contributed by atoms with Crippen molar-refractivity contribution in [3.8, 4) is 0 Å². The fourth-order valence-electron chi connectivity index (χ4n) is 2.91. The Kier molecular flexibility index (Phi) is 5.47. The predicted octanol–water partition coefficient (Wildman–Crippen LogP) is 1.59. The zero-order chi connectivity index (χ0) is 17.1. The van der Waals surface area contributed by atoms with Crippen LogP contribution in [-0.4, -0.2) is 48.9 Å². The number of carbonyl (C=O) groups excluding carboxylic acids is 1. The van der Waals surface area contributed by atoms with E-state index in [1.54, 1.807) is 0 Å². The minimum absolute atomic E-state index is 0.0338. The maximum Gasteiger partial charge on any atom is 0.234 e. The molecule has 1 amide bonds. The van der Waals surface area contributed by atoms with Crippen LogP contribution in [0.4, 0.5) is 0 Å². The average molecular weight is 338 g/mol. The highest BCUT2D eigenvalue weighted by Crippen LogP contribution is 2.22. The molecule has 0 aliphatic carbocycles. The first-order valence-electron chi connectivity index (χ1n) is 7.99. The lowest BCUT2D eigenvalue weighted by atomic mass is 10.0. The molecule has 2 rings (SSSR count). The van der Waals surface area contributed by atoms with Gasteiger partial charge in [-0.05, 0) is 32.8 Å². The Hall–Kier alpha value is -1.40. The fraction of sp³-hybridized carbons (Fsp3) is 0.588. The van der Waals surface area contributed by atoms with E-state index in [2.05, 4.69) is 24.1 Å². The van der Waals surface area contributed by atoms with Crippen molar-refractivity contribution in [2.75, 3.05) is 18.1 Å². The minimum atomic E-state index is -3.02. The molecule has 1 heterocycles. The molecule has 0 aromatic heterocycles. The Morgan fingerprint density at radius 2 is 1.96 bits per heavy atom. The first kappa shape index (κ1) is 17.9. The predicted molar refractivity (Wildman–Crippen MR) is 91.8 cm³/mol. The van der Waals surface area contributed by atoms with Gasteiger partial charge < -0.3 is 5.32 Å². The molecule has 6 heteroatoms. The van der Waals surface area contributed by atoms with Gasteiger partial charge >= 0.3 is 0 Å². The van der Waals surface area contributed by atoms with Crippen molar-refractivity contribution in [3.05, 3.63) is 35.9 Å². The van der Waals surface area contributed by atoms with Crippen molar-refractivity contribution >= 4 is 15.7 Å². The standard InChI is InChI=1S/C17H26N2O3S/c1-14(2)19(11-15-7-5-4-6-8-15)12-16(20)18-17(3)9-10-23(21,22)13-17/h4-8,14H,9-13H2,1-3H3,(H,18,20). The summed E-state index contributed by atoms with van der Waals surface area (Å²) in [5.41, 5.74) is 0.523. The van der Waals surface area contributed by atoms with E-state index in [1.807, 2.05) is 37.3 Å². The first-order chi connectivity index (χ1) is 10.7. The largest absolute Gasteiger partial charge is 0.349 e. The van der Waals surface area contributed by atoms with Crippen LogP contribution in [0.5, 0.6) is 0 Å². The first-order valence-corrected chi connectivity index (χ1v) is 9.81. The van der Waals surface area contributed by atoms with Crippen LogP contribution in [0, 0.1) is 0 Å². The van der Waals surface area contributed by atoms with Crippen molar-refractivity contribution < 1.29 is 13.2 Å². The van der Waals surface area contributed by atoms with Crippen LogP contribution in [0.25, 0.3) is 0 Å². The van der Waals surface area contributed by atoms with E-state index in [-0.39, 0.29) is 30.0 Å². The number of hydrogen-bond donors (Lipinski definition) is 1. The van der Waals surface area contributed by atoms with E-state index in [0.29, 0.717) is 13.0 Å². The molecule has 0 bridgehead atoms. The third-order valence-corrected chi connectivity index (χ3v) is 6.15. The quantitative estimate of drug-likeness (QED) is 0.855. The Balaban J connectivity index is 1.96. The molecule has 1 aromatic carbocycles. The molecule has 1 N–H and O–H groups in total. The summed E-state index contributed by atoms with van der Waals surface area (Å²) in [7, 11) is -3.02. The van der Waals surface area contributed by atoms with Gasteiger partial charge in [-0.25, -0.2) is 8.42 Å². The summed E-state index contributed by atoms with van der Waals surface area (Å²) in [4.78, 5) is 14.5. The summed E-state index contributed by atoms with van der Waals surface area (Å²) in [6.45, 7) is 6.88. The van der Waals surface area contributed by atoms with E-state index in [1.165, 1.54) is 0 Å². The highest BCUT2D eigenvalue weighted by atomic mass is 32.2. The molecule has 128 valence electrons. The third kappa shape index (κ3) is 5.32. The lowest BCUT2D eigenvalue weighted by Crippen LogP contribution is -2.51. The number of amides is 1. The van der Waals surface area contributed by atoms with Crippen LogP contribution in [0.1, 0.15) is 32.8 Å². The van der Waals surface area contributed by atoms with Crippen molar-refractivity contribution in [2.45, 2.75) is 45.3 Å². The maximum absolute atomic E-state index is 12.4. The monoisotopic (exact) mass is 338 g/mol. The molecule has 1 aliphatic heterocycles. The summed E-state index contributed by atoms with van der Waals surface area (Å²) in [5, 5.41) is 2.92. The Bertz CT molecular complexity index is 643. The summed E-state index contributed by atoms with van der Waals surface area (Å²) in [6, 6.07) is 10.2. The van der Waals surface area contributed by atoms with Gasteiger partial charge in [-0.2, -0.15) is 0 Å². The highest BCUT2D eigenvalue weighted by molar-refractivity contribution is 7.91. The number of hydrogen-bond acceptors (Lipinski definition) is 4. The van der Waals surface area contributed by atoms with Crippen molar-refractivity contribution in [1.82, 2.24) is 10.2 Å². The van der Waals surface area contributed by atoms with E-state index < -0.39 is 15.4 Å². The lowest BCUT2D eigenvalue weighted by Gasteiger charge is -2.29. The number of rotatable bonds is 6. The van der Waals surface area contributed by atoms with Gasteiger partial charge in [0.2, 0.25) is 5.91 Å². The second kappa shape index (κ2) is 7.01. The van der Waals surface area contributed by atoms with Gasteiger partial charge in [0.1, 0.15) is 0 Å². The van der Waals surface area contributed by atoms with Crippen LogP contribution < -0.4 is 5.32 Å². The molecule has 0 spiro atoms. The SMILES string of the molecule is CC(C)N(CC(=O)NC1(C)CCS(=O)(=O)C1)Cc1ccccc1. The summed E-state index contributed by atoms with van der Waals surface area (Å²) >= 11 is 0. The topological polar surface area (TPSA) is 66.5 Å². The molecule has 5 nitrogen and oxygen atoms in total. The molecule has 1 fully saturated rings. The summed E-state index contributed by atoms with van der Waals surface area (Å²) < 4.78 is 23.3. The van der Waals surface area contributed by atoms with Gasteiger partial charge in [0, 0.05) is 12.6 Å². The molecule has 23 heavy (non-hydrogen) atoms. The van der Waals surface area contributed by atoms with Crippen molar-refractivity contribution in [2.24, 2.45) is 0 Å². The second-order valence-electron chi connectivity index (χ2n) is 6.94. The number of sulfone groups is 1.